The van der Waals surface area contributed by atoms with Crippen LogP contribution in [-0.2, 0) is 6.42 Å². The molecule has 2 aromatic rings. The maximum atomic E-state index is 13.1. The van der Waals surface area contributed by atoms with Gasteiger partial charge in [0.2, 0.25) is 0 Å². The predicted molar refractivity (Wildman–Crippen MR) is 123 cm³/mol. The molecule has 1 fully saturated rings. The third kappa shape index (κ3) is 4.44. The van der Waals surface area contributed by atoms with Crippen LogP contribution in [-0.4, -0.2) is 24.0 Å². The highest BCUT2D eigenvalue weighted by atomic mass is 16.2. The van der Waals surface area contributed by atoms with Gasteiger partial charge in [-0.05, 0) is 67.0 Å². The van der Waals surface area contributed by atoms with Crippen LogP contribution in [0.1, 0.15) is 63.9 Å². The molecule has 0 spiro atoms. The molecule has 0 radical (unpaired) electrons. The van der Waals surface area contributed by atoms with Gasteiger partial charge < -0.3 is 16.8 Å². The van der Waals surface area contributed by atoms with Crippen LogP contribution in [0.2, 0.25) is 0 Å². The van der Waals surface area contributed by atoms with Gasteiger partial charge in [0.1, 0.15) is 0 Å². The van der Waals surface area contributed by atoms with E-state index in [1.54, 1.807) is 6.20 Å². The fourth-order valence-electron chi connectivity index (χ4n) is 4.13. The zero-order valence-electron chi connectivity index (χ0n) is 18.2. The van der Waals surface area contributed by atoms with Crippen molar-refractivity contribution in [2.24, 2.45) is 11.6 Å². The Morgan fingerprint density at radius 3 is 2.40 bits per heavy atom. The van der Waals surface area contributed by atoms with E-state index < -0.39 is 0 Å². The lowest BCUT2D eigenvalue weighted by Gasteiger charge is -2.25. The van der Waals surface area contributed by atoms with Crippen LogP contribution in [0, 0.1) is 13.8 Å². The monoisotopic (exact) mass is 407 g/mol. The van der Waals surface area contributed by atoms with Crippen LogP contribution in [0.5, 0.6) is 0 Å². The van der Waals surface area contributed by atoms with Crippen LogP contribution < -0.4 is 22.6 Å². The Balaban J connectivity index is 1.88. The minimum absolute atomic E-state index is 0.102. The average Bonchev–Trinajstić information content (AvgIpc) is 3.28. The minimum atomic E-state index is -0.191. The number of hydrogen-bond donors (Lipinski definition) is 4. The number of nitrogens with two attached hydrogens (primary N) is 3. The molecule has 0 aromatic heterocycles. The summed E-state index contributed by atoms with van der Waals surface area (Å²) < 4.78 is 0. The van der Waals surface area contributed by atoms with E-state index >= 15 is 0 Å². The average molecular weight is 408 g/mol. The van der Waals surface area contributed by atoms with Gasteiger partial charge in [0.05, 0.1) is 11.3 Å². The summed E-state index contributed by atoms with van der Waals surface area (Å²) in [6.45, 7) is 4.02. The molecule has 160 valence electrons. The second-order valence-corrected chi connectivity index (χ2v) is 8.16. The standard InChI is InChI=1S/C24H33N5O/c1-15-16(2)23(26)21(24(30)29(27)20-6-4-5-7-20)13-19(15)12-17-8-10-18(11-9-17)22(25)14-28-3/h8-11,13-14,20,28H,4-7,12,25-27H2,1-3H3/b22-14-. The van der Waals surface area contributed by atoms with Crippen LogP contribution in [0.4, 0.5) is 5.69 Å². The van der Waals surface area contributed by atoms with Gasteiger partial charge in [0.25, 0.3) is 5.91 Å². The summed E-state index contributed by atoms with van der Waals surface area (Å²) in [5.41, 5.74) is 19.3. The molecule has 30 heavy (non-hydrogen) atoms. The SMILES string of the molecule is CN/C=C(\N)c1ccc(Cc2cc(C(=O)N(N)C3CCCC3)c(N)c(C)c2C)cc1. The van der Waals surface area contributed by atoms with E-state index in [1.165, 1.54) is 5.01 Å². The molecular weight excluding hydrogens is 374 g/mol. The number of nitrogens with zero attached hydrogens (tertiary/aromatic N) is 1. The summed E-state index contributed by atoms with van der Waals surface area (Å²) in [5.74, 6) is 6.00. The smallest absolute Gasteiger partial charge is 0.270 e. The number of amides is 1. The zero-order valence-corrected chi connectivity index (χ0v) is 18.2. The van der Waals surface area contributed by atoms with Gasteiger partial charge in [0.15, 0.2) is 0 Å². The maximum absolute atomic E-state index is 13.1. The molecular formula is C24H33N5O. The number of anilines is 1. The van der Waals surface area contributed by atoms with Crippen LogP contribution in [0.3, 0.4) is 0 Å². The fraction of sp³-hybridized carbons (Fsp3) is 0.375. The maximum Gasteiger partial charge on any atom is 0.270 e. The molecule has 0 atom stereocenters. The number of rotatable bonds is 6. The van der Waals surface area contributed by atoms with Gasteiger partial charge in [-0.25, -0.2) is 5.84 Å². The first-order valence-corrected chi connectivity index (χ1v) is 10.5. The van der Waals surface area contributed by atoms with E-state index in [1.807, 2.05) is 32.2 Å². The van der Waals surface area contributed by atoms with E-state index in [0.717, 1.165) is 53.5 Å². The van der Waals surface area contributed by atoms with Crippen molar-refractivity contribution >= 4 is 17.3 Å². The highest BCUT2D eigenvalue weighted by Gasteiger charge is 2.27. The molecule has 6 heteroatoms. The van der Waals surface area contributed by atoms with E-state index in [-0.39, 0.29) is 11.9 Å². The molecule has 6 nitrogen and oxygen atoms in total. The second-order valence-electron chi connectivity index (χ2n) is 8.16. The summed E-state index contributed by atoms with van der Waals surface area (Å²) in [7, 11) is 1.82. The zero-order chi connectivity index (χ0) is 21.8. The van der Waals surface area contributed by atoms with Gasteiger partial charge in [0, 0.05) is 25.0 Å². The lowest BCUT2D eigenvalue weighted by molar-refractivity contribution is 0.0682. The molecule has 2 aromatic carbocycles. The van der Waals surface area contributed by atoms with Crippen LogP contribution in [0.25, 0.3) is 5.70 Å². The molecule has 0 saturated heterocycles. The molecule has 3 rings (SSSR count). The molecule has 0 bridgehead atoms. The Labute approximate surface area is 179 Å². The van der Waals surface area contributed by atoms with E-state index in [9.17, 15) is 4.79 Å². The summed E-state index contributed by atoms with van der Waals surface area (Å²) >= 11 is 0. The van der Waals surface area contributed by atoms with Gasteiger partial charge in [-0.2, -0.15) is 0 Å². The molecule has 1 amide bonds. The summed E-state index contributed by atoms with van der Waals surface area (Å²) in [4.78, 5) is 13.1. The lowest BCUT2D eigenvalue weighted by atomic mass is 9.92. The van der Waals surface area contributed by atoms with Crippen molar-refractivity contribution in [2.45, 2.75) is 52.0 Å². The number of hydrazine groups is 1. The largest absolute Gasteiger partial charge is 0.398 e. The molecule has 0 unspecified atom stereocenters. The summed E-state index contributed by atoms with van der Waals surface area (Å²) in [6.07, 6.45) is 6.61. The predicted octanol–water partition coefficient (Wildman–Crippen LogP) is 3.21. The summed E-state index contributed by atoms with van der Waals surface area (Å²) in [5, 5.41) is 4.33. The van der Waals surface area contributed by atoms with Gasteiger partial charge >= 0.3 is 0 Å². The molecule has 1 aliphatic rings. The van der Waals surface area contributed by atoms with Crippen molar-refractivity contribution in [3.8, 4) is 0 Å². The highest BCUT2D eigenvalue weighted by Crippen LogP contribution is 2.29. The van der Waals surface area contributed by atoms with Crippen molar-refractivity contribution in [3.63, 3.8) is 0 Å². The Hall–Kier alpha value is -2.99. The summed E-state index contributed by atoms with van der Waals surface area (Å²) in [6, 6.07) is 10.2. The van der Waals surface area contributed by atoms with Crippen molar-refractivity contribution in [2.75, 3.05) is 12.8 Å². The molecule has 0 heterocycles. The highest BCUT2D eigenvalue weighted by molar-refractivity contribution is 6.00. The molecule has 1 saturated carbocycles. The fourth-order valence-corrected chi connectivity index (χ4v) is 4.13. The second kappa shape index (κ2) is 9.22. The minimum Gasteiger partial charge on any atom is -0.398 e. The molecule has 0 aliphatic heterocycles. The third-order valence-electron chi connectivity index (χ3n) is 6.22. The van der Waals surface area contributed by atoms with Crippen LogP contribution >= 0.6 is 0 Å². The van der Waals surface area contributed by atoms with Crippen molar-refractivity contribution < 1.29 is 4.79 Å². The lowest BCUT2D eigenvalue weighted by Crippen LogP contribution is -2.44. The molecule has 7 N–H and O–H groups in total. The van der Waals surface area contributed by atoms with E-state index in [4.69, 9.17) is 17.3 Å². The third-order valence-corrected chi connectivity index (χ3v) is 6.22. The van der Waals surface area contributed by atoms with E-state index in [2.05, 4.69) is 24.4 Å². The Morgan fingerprint density at radius 2 is 1.80 bits per heavy atom. The number of nitrogens with one attached hydrogen (secondary N) is 1. The topological polar surface area (TPSA) is 110 Å². The van der Waals surface area contributed by atoms with Crippen molar-refractivity contribution in [1.29, 1.82) is 0 Å². The van der Waals surface area contributed by atoms with Gasteiger partial charge in [-0.3, -0.25) is 9.80 Å². The number of nitrogen functional groups attached to an aromatic ring is 1. The Morgan fingerprint density at radius 1 is 1.17 bits per heavy atom. The van der Waals surface area contributed by atoms with Gasteiger partial charge in [-0.15, -0.1) is 0 Å². The van der Waals surface area contributed by atoms with Crippen LogP contribution in [0.15, 0.2) is 36.5 Å². The number of hydrogen-bond acceptors (Lipinski definition) is 5. The first-order chi connectivity index (χ1) is 14.3. The molecule has 1 aliphatic carbocycles. The van der Waals surface area contributed by atoms with Crippen molar-refractivity contribution in [3.05, 3.63) is 69.9 Å². The quantitative estimate of drug-likeness (QED) is 0.254. The number of benzene rings is 2. The normalized spacial score (nSPS) is 14.7. The first-order valence-electron chi connectivity index (χ1n) is 10.5. The van der Waals surface area contributed by atoms with E-state index in [0.29, 0.717) is 23.4 Å². The number of carbonyl (C=O) groups excluding carboxylic acids is 1. The Kier molecular flexibility index (Phi) is 6.67. The van der Waals surface area contributed by atoms with Gasteiger partial charge in [-0.1, -0.05) is 37.1 Å². The first kappa shape index (κ1) is 21.7. The number of carbonyl (C=O) groups is 1. The Bertz CT molecular complexity index is 943. The van der Waals surface area contributed by atoms with Crippen molar-refractivity contribution in [1.82, 2.24) is 10.3 Å².